The average molecular weight is 290 g/mol. The zero-order valence-electron chi connectivity index (χ0n) is 11.7. The van der Waals surface area contributed by atoms with Crippen LogP contribution in [0, 0.1) is 0 Å². The summed E-state index contributed by atoms with van der Waals surface area (Å²) in [7, 11) is 4.01. The molecule has 0 bridgehead atoms. The van der Waals surface area contributed by atoms with Crippen molar-refractivity contribution >= 4 is 17.6 Å². The fourth-order valence-electron chi connectivity index (χ4n) is 1.97. The van der Waals surface area contributed by atoms with Crippen molar-refractivity contribution < 1.29 is 0 Å². The number of nitrogens with zero attached hydrogens (tertiary/aromatic N) is 6. The van der Waals surface area contributed by atoms with Crippen molar-refractivity contribution in [1.82, 2.24) is 25.2 Å². The molecule has 0 N–H and O–H groups in total. The molecular weight excluding hydrogens is 272 g/mol. The minimum absolute atomic E-state index is 0.543. The maximum atomic E-state index is 4.32. The number of pyridine rings is 1. The number of hydrogen-bond acceptors (Lipinski definition) is 6. The summed E-state index contributed by atoms with van der Waals surface area (Å²) in [5.74, 6) is 3.77. The van der Waals surface area contributed by atoms with Crippen LogP contribution in [0.3, 0.4) is 0 Å². The Hall–Kier alpha value is -1.63. The van der Waals surface area contributed by atoms with E-state index in [1.54, 1.807) is 0 Å². The van der Waals surface area contributed by atoms with Gasteiger partial charge in [-0.05, 0) is 41.0 Å². The Kier molecular flexibility index (Phi) is 3.86. The van der Waals surface area contributed by atoms with E-state index in [0.717, 1.165) is 23.1 Å². The van der Waals surface area contributed by atoms with E-state index >= 15 is 0 Å². The summed E-state index contributed by atoms with van der Waals surface area (Å²) in [6, 6.07) is 4.72. The molecule has 2 aromatic rings. The van der Waals surface area contributed by atoms with E-state index in [-0.39, 0.29) is 0 Å². The third kappa shape index (κ3) is 3.09. The minimum Gasteiger partial charge on any atom is -0.363 e. The summed E-state index contributed by atoms with van der Waals surface area (Å²) in [4.78, 5) is 6.34. The van der Waals surface area contributed by atoms with Crippen LogP contribution >= 0.6 is 11.8 Å². The van der Waals surface area contributed by atoms with Crippen molar-refractivity contribution in [3.8, 4) is 0 Å². The first kappa shape index (κ1) is 13.4. The van der Waals surface area contributed by atoms with Crippen molar-refractivity contribution in [2.75, 3.05) is 19.0 Å². The number of aromatic nitrogens is 5. The van der Waals surface area contributed by atoms with Gasteiger partial charge in [0.25, 0.3) is 0 Å². The zero-order valence-corrected chi connectivity index (χ0v) is 12.5. The highest BCUT2D eigenvalue weighted by atomic mass is 32.2. The first-order chi connectivity index (χ1) is 9.74. The van der Waals surface area contributed by atoms with E-state index < -0.39 is 0 Å². The van der Waals surface area contributed by atoms with E-state index in [1.165, 1.54) is 18.4 Å². The molecule has 0 spiro atoms. The molecule has 6 nitrogen and oxygen atoms in total. The molecule has 1 aliphatic rings. The Labute approximate surface area is 122 Å². The lowest BCUT2D eigenvalue weighted by Crippen LogP contribution is -2.10. The molecule has 3 rings (SSSR count). The molecule has 0 atom stereocenters. The van der Waals surface area contributed by atoms with Crippen molar-refractivity contribution in [3.63, 3.8) is 0 Å². The van der Waals surface area contributed by atoms with Crippen LogP contribution < -0.4 is 4.90 Å². The van der Waals surface area contributed by atoms with Gasteiger partial charge in [0, 0.05) is 26.0 Å². The standard InChI is InChI=1S/C13H18N6S/c1-18(2)12-7-10(5-6-14-12)8-20-9-13-15-16-17-19(13)11-3-4-11/h5-7,11H,3-4,8-9H2,1-2H3. The molecule has 2 aromatic heterocycles. The molecular formula is C13H18N6S. The molecule has 1 saturated carbocycles. The first-order valence-corrected chi connectivity index (χ1v) is 7.86. The van der Waals surface area contributed by atoms with Gasteiger partial charge in [-0.2, -0.15) is 0 Å². The number of hydrogen-bond donors (Lipinski definition) is 0. The lowest BCUT2D eigenvalue weighted by atomic mass is 10.3. The van der Waals surface area contributed by atoms with E-state index in [4.69, 9.17) is 0 Å². The molecule has 0 aromatic carbocycles. The third-order valence-electron chi connectivity index (χ3n) is 3.22. The molecule has 106 valence electrons. The predicted octanol–water partition coefficient (Wildman–Crippen LogP) is 1.90. The van der Waals surface area contributed by atoms with Gasteiger partial charge in [-0.25, -0.2) is 9.67 Å². The van der Waals surface area contributed by atoms with Crippen molar-refractivity contribution in [3.05, 3.63) is 29.7 Å². The molecule has 0 unspecified atom stereocenters. The maximum absolute atomic E-state index is 4.32. The minimum atomic E-state index is 0.543. The molecule has 1 fully saturated rings. The summed E-state index contributed by atoms with van der Waals surface area (Å²) in [6.45, 7) is 0. The second-order valence-corrected chi connectivity index (χ2v) is 6.17. The topological polar surface area (TPSA) is 59.7 Å². The normalized spacial score (nSPS) is 14.5. The fraction of sp³-hybridized carbons (Fsp3) is 0.538. The predicted molar refractivity (Wildman–Crippen MR) is 79.7 cm³/mol. The molecule has 0 saturated heterocycles. The van der Waals surface area contributed by atoms with Crippen molar-refractivity contribution in [2.45, 2.75) is 30.4 Å². The Morgan fingerprint density at radius 3 is 2.95 bits per heavy atom. The van der Waals surface area contributed by atoms with Gasteiger partial charge < -0.3 is 4.90 Å². The van der Waals surface area contributed by atoms with Gasteiger partial charge in [0.05, 0.1) is 11.8 Å². The highest BCUT2D eigenvalue weighted by Gasteiger charge is 2.27. The quantitative estimate of drug-likeness (QED) is 0.810. The van der Waals surface area contributed by atoms with Crippen LogP contribution in [0.2, 0.25) is 0 Å². The van der Waals surface area contributed by atoms with E-state index in [1.807, 2.05) is 41.6 Å². The molecule has 20 heavy (non-hydrogen) atoms. The Morgan fingerprint density at radius 2 is 2.20 bits per heavy atom. The van der Waals surface area contributed by atoms with Gasteiger partial charge >= 0.3 is 0 Å². The SMILES string of the molecule is CN(C)c1cc(CSCc2nnnn2C2CC2)ccn1. The zero-order chi connectivity index (χ0) is 13.9. The van der Waals surface area contributed by atoms with Crippen LogP contribution in [-0.4, -0.2) is 39.3 Å². The monoisotopic (exact) mass is 290 g/mol. The first-order valence-electron chi connectivity index (χ1n) is 6.71. The lowest BCUT2D eigenvalue weighted by Gasteiger charge is -2.11. The van der Waals surface area contributed by atoms with Gasteiger partial charge in [-0.15, -0.1) is 16.9 Å². The van der Waals surface area contributed by atoms with E-state index in [2.05, 4.69) is 32.6 Å². The molecule has 1 aliphatic carbocycles. The largest absolute Gasteiger partial charge is 0.363 e. The smallest absolute Gasteiger partial charge is 0.161 e. The van der Waals surface area contributed by atoms with Gasteiger partial charge in [0.2, 0.25) is 0 Å². The van der Waals surface area contributed by atoms with E-state index in [9.17, 15) is 0 Å². The van der Waals surface area contributed by atoms with Crippen LogP contribution in [0.15, 0.2) is 18.3 Å². The van der Waals surface area contributed by atoms with E-state index in [0.29, 0.717) is 6.04 Å². The van der Waals surface area contributed by atoms with Crippen LogP contribution in [0.5, 0.6) is 0 Å². The summed E-state index contributed by atoms with van der Waals surface area (Å²) in [5, 5.41) is 12.0. The van der Waals surface area contributed by atoms with Gasteiger partial charge in [0.1, 0.15) is 5.82 Å². The van der Waals surface area contributed by atoms with Gasteiger partial charge in [0.15, 0.2) is 5.82 Å². The second kappa shape index (κ2) is 5.78. The number of rotatable bonds is 6. The maximum Gasteiger partial charge on any atom is 0.161 e. The van der Waals surface area contributed by atoms with Gasteiger partial charge in [-0.3, -0.25) is 0 Å². The Morgan fingerprint density at radius 1 is 1.35 bits per heavy atom. The molecule has 2 heterocycles. The fourth-order valence-corrected chi connectivity index (χ4v) is 2.86. The second-order valence-electron chi connectivity index (χ2n) is 5.18. The summed E-state index contributed by atoms with van der Waals surface area (Å²) in [5.41, 5.74) is 1.28. The molecule has 0 amide bonds. The average Bonchev–Trinajstić information content (AvgIpc) is 3.19. The molecule has 0 aliphatic heterocycles. The highest BCUT2D eigenvalue weighted by molar-refractivity contribution is 7.97. The van der Waals surface area contributed by atoms with Crippen molar-refractivity contribution in [2.24, 2.45) is 0 Å². The summed E-state index contributed by atoms with van der Waals surface area (Å²) >= 11 is 1.83. The Bertz CT molecular complexity index is 578. The van der Waals surface area contributed by atoms with Crippen LogP contribution in [0.4, 0.5) is 5.82 Å². The lowest BCUT2D eigenvalue weighted by molar-refractivity contribution is 0.593. The summed E-state index contributed by atoms with van der Waals surface area (Å²) in [6.07, 6.45) is 4.28. The molecule has 7 heteroatoms. The van der Waals surface area contributed by atoms with Crippen LogP contribution in [0.1, 0.15) is 30.3 Å². The van der Waals surface area contributed by atoms with Gasteiger partial charge in [-0.1, -0.05) is 0 Å². The van der Waals surface area contributed by atoms with Crippen LogP contribution in [0.25, 0.3) is 0 Å². The number of tetrazole rings is 1. The Balaban J connectivity index is 1.57. The van der Waals surface area contributed by atoms with Crippen molar-refractivity contribution in [1.29, 1.82) is 0 Å². The van der Waals surface area contributed by atoms with Crippen LogP contribution in [-0.2, 0) is 11.5 Å². The summed E-state index contributed by atoms with van der Waals surface area (Å²) < 4.78 is 1.98. The third-order valence-corrected chi connectivity index (χ3v) is 4.22. The number of thioether (sulfide) groups is 1. The number of anilines is 1. The molecule has 0 radical (unpaired) electrons. The highest BCUT2D eigenvalue weighted by Crippen LogP contribution is 2.35.